The fraction of sp³-hybridized carbons (Fsp3) is 0.214. The van der Waals surface area contributed by atoms with Crippen LogP contribution >= 0.6 is 0 Å². The highest BCUT2D eigenvalue weighted by atomic mass is 14.6. The third-order valence-electron chi connectivity index (χ3n) is 2.16. The van der Waals surface area contributed by atoms with E-state index in [0.717, 1.165) is 5.57 Å². The van der Waals surface area contributed by atoms with E-state index in [1.807, 2.05) is 19.2 Å². The van der Waals surface area contributed by atoms with Crippen LogP contribution in [0.1, 0.15) is 18.1 Å². The zero-order valence-corrected chi connectivity index (χ0v) is 9.57. The molecule has 0 aliphatic carbocycles. The smallest absolute Gasteiger partial charge is 0.0278 e. The molecule has 0 radical (unpaired) electrons. The van der Waals surface area contributed by atoms with Crippen LogP contribution < -0.4 is 0 Å². The molecule has 0 N–H and O–H groups in total. The van der Waals surface area contributed by atoms with Crippen molar-refractivity contribution in [2.24, 2.45) is 4.99 Å². The number of aliphatic imine (C=N–C) groups is 1. The first-order chi connectivity index (χ1) is 7.26. The van der Waals surface area contributed by atoms with Crippen LogP contribution in [-0.4, -0.2) is 13.3 Å². The Balaban J connectivity index is 2.76. The van der Waals surface area contributed by atoms with Crippen molar-refractivity contribution in [2.45, 2.75) is 13.8 Å². The number of benzene rings is 1. The van der Waals surface area contributed by atoms with E-state index >= 15 is 0 Å². The van der Waals surface area contributed by atoms with Gasteiger partial charge < -0.3 is 0 Å². The first-order valence-electron chi connectivity index (χ1n) is 5.09. The van der Waals surface area contributed by atoms with Crippen LogP contribution in [0.4, 0.5) is 0 Å². The number of hydrogen-bond acceptors (Lipinski definition) is 1. The fourth-order valence-corrected chi connectivity index (χ4v) is 1.23. The van der Waals surface area contributed by atoms with Crippen molar-refractivity contribution < 1.29 is 0 Å². The summed E-state index contributed by atoms with van der Waals surface area (Å²) in [4.78, 5) is 3.99. The number of rotatable bonds is 3. The molecule has 0 saturated heterocycles. The summed E-state index contributed by atoms with van der Waals surface area (Å²) >= 11 is 0. The lowest BCUT2D eigenvalue weighted by Gasteiger charge is -1.95. The van der Waals surface area contributed by atoms with Gasteiger partial charge in [-0.05, 0) is 25.0 Å². The van der Waals surface area contributed by atoms with Gasteiger partial charge in [-0.25, -0.2) is 0 Å². The van der Waals surface area contributed by atoms with Crippen LogP contribution in [0.5, 0.6) is 0 Å². The molecule has 0 atom stereocenters. The predicted octanol–water partition coefficient (Wildman–Crippen LogP) is 3.66. The van der Waals surface area contributed by atoms with Gasteiger partial charge in [0.25, 0.3) is 0 Å². The van der Waals surface area contributed by atoms with E-state index in [2.05, 4.69) is 48.3 Å². The summed E-state index contributed by atoms with van der Waals surface area (Å²) in [6, 6.07) is 8.45. The second-order valence-corrected chi connectivity index (χ2v) is 3.42. The number of aryl methyl sites for hydroxylation is 1. The van der Waals surface area contributed by atoms with Crippen molar-refractivity contribution in [1.82, 2.24) is 0 Å². The molecule has 1 aromatic rings. The van der Waals surface area contributed by atoms with E-state index < -0.39 is 0 Å². The van der Waals surface area contributed by atoms with Gasteiger partial charge in [-0.15, -0.1) is 0 Å². The number of allylic oxidation sites excluding steroid dienone is 3. The first-order valence-corrected chi connectivity index (χ1v) is 5.09. The minimum atomic E-state index is 1.12. The van der Waals surface area contributed by atoms with Gasteiger partial charge in [-0.1, -0.05) is 48.1 Å². The molecular formula is C14H17N. The molecule has 0 heterocycles. The fourth-order valence-electron chi connectivity index (χ4n) is 1.23. The summed E-state index contributed by atoms with van der Waals surface area (Å²) in [5, 5.41) is 0. The van der Waals surface area contributed by atoms with E-state index in [1.54, 1.807) is 7.05 Å². The lowest BCUT2D eigenvalue weighted by atomic mass is 10.1. The van der Waals surface area contributed by atoms with Gasteiger partial charge >= 0.3 is 0 Å². The minimum absolute atomic E-state index is 1.12. The van der Waals surface area contributed by atoms with E-state index in [9.17, 15) is 0 Å². The maximum absolute atomic E-state index is 3.99. The van der Waals surface area contributed by atoms with Crippen molar-refractivity contribution in [1.29, 1.82) is 0 Å². The third-order valence-corrected chi connectivity index (χ3v) is 2.16. The normalized spacial score (nSPS) is 12.9. The Morgan fingerprint density at radius 2 is 1.87 bits per heavy atom. The van der Waals surface area contributed by atoms with Crippen molar-refractivity contribution >= 4 is 12.3 Å². The maximum Gasteiger partial charge on any atom is 0.0278 e. The van der Waals surface area contributed by atoms with E-state index in [1.165, 1.54) is 11.1 Å². The largest absolute Gasteiger partial charge is 0.296 e. The van der Waals surface area contributed by atoms with E-state index in [4.69, 9.17) is 0 Å². The van der Waals surface area contributed by atoms with Gasteiger partial charge in [-0.3, -0.25) is 4.99 Å². The zero-order valence-electron chi connectivity index (χ0n) is 9.57. The van der Waals surface area contributed by atoms with Crippen molar-refractivity contribution in [3.05, 3.63) is 53.1 Å². The Morgan fingerprint density at radius 1 is 1.20 bits per heavy atom. The molecule has 0 amide bonds. The van der Waals surface area contributed by atoms with Crippen LogP contribution in [0, 0.1) is 6.92 Å². The molecule has 0 aliphatic rings. The summed E-state index contributed by atoms with van der Waals surface area (Å²) in [7, 11) is 1.78. The lowest BCUT2D eigenvalue weighted by Crippen LogP contribution is -1.79. The lowest BCUT2D eigenvalue weighted by molar-refractivity contribution is 1.46. The molecule has 1 rings (SSSR count). The molecule has 78 valence electrons. The standard InChI is InChI=1S/C14H17N/c1-4-13(11-15-3)9-10-14-7-5-12(2)6-8-14/h4-11H,1-3H3/b10-9+,13-4-,15-11-. The highest BCUT2D eigenvalue weighted by Crippen LogP contribution is 2.06. The summed E-state index contributed by atoms with van der Waals surface area (Å²) < 4.78 is 0. The monoisotopic (exact) mass is 199 g/mol. The van der Waals surface area contributed by atoms with Crippen LogP contribution in [-0.2, 0) is 0 Å². The molecule has 0 bridgehead atoms. The summed E-state index contributed by atoms with van der Waals surface area (Å²) in [5.74, 6) is 0. The molecule has 1 aromatic carbocycles. The van der Waals surface area contributed by atoms with Crippen LogP contribution in [0.3, 0.4) is 0 Å². The zero-order chi connectivity index (χ0) is 11.1. The summed E-state index contributed by atoms with van der Waals surface area (Å²) in [5.41, 5.74) is 3.62. The van der Waals surface area contributed by atoms with Crippen molar-refractivity contribution in [3.8, 4) is 0 Å². The van der Waals surface area contributed by atoms with Crippen molar-refractivity contribution in [3.63, 3.8) is 0 Å². The van der Waals surface area contributed by atoms with Crippen LogP contribution in [0.2, 0.25) is 0 Å². The van der Waals surface area contributed by atoms with E-state index in [-0.39, 0.29) is 0 Å². The Labute approximate surface area is 91.9 Å². The highest BCUT2D eigenvalue weighted by Gasteiger charge is 1.87. The van der Waals surface area contributed by atoms with Crippen LogP contribution in [0.25, 0.3) is 6.08 Å². The molecule has 0 fully saturated rings. The SMILES string of the molecule is C/C=C(\C=N/C)/C=C/c1ccc(C)cc1. The highest BCUT2D eigenvalue weighted by molar-refractivity contribution is 5.83. The van der Waals surface area contributed by atoms with Gasteiger partial charge in [0, 0.05) is 13.3 Å². The topological polar surface area (TPSA) is 12.4 Å². The third kappa shape index (κ3) is 3.94. The average Bonchev–Trinajstić information content (AvgIpc) is 2.26. The van der Waals surface area contributed by atoms with Gasteiger partial charge in [0.1, 0.15) is 0 Å². The molecule has 0 unspecified atom stereocenters. The second-order valence-electron chi connectivity index (χ2n) is 3.42. The predicted molar refractivity (Wildman–Crippen MR) is 68.4 cm³/mol. The van der Waals surface area contributed by atoms with Gasteiger partial charge in [-0.2, -0.15) is 0 Å². The minimum Gasteiger partial charge on any atom is -0.296 e. The average molecular weight is 199 g/mol. The molecule has 0 aliphatic heterocycles. The number of hydrogen-bond donors (Lipinski definition) is 0. The Kier molecular flexibility index (Phi) is 4.55. The second kappa shape index (κ2) is 5.97. The molecule has 1 nitrogen and oxygen atoms in total. The van der Waals surface area contributed by atoms with Gasteiger partial charge in [0.2, 0.25) is 0 Å². The first kappa shape index (κ1) is 11.4. The molecule has 0 saturated carbocycles. The van der Waals surface area contributed by atoms with Crippen molar-refractivity contribution in [2.75, 3.05) is 7.05 Å². The van der Waals surface area contributed by atoms with Crippen LogP contribution in [0.15, 0.2) is 47.0 Å². The Morgan fingerprint density at radius 3 is 2.40 bits per heavy atom. The molecular weight excluding hydrogens is 182 g/mol. The summed E-state index contributed by atoms with van der Waals surface area (Å²) in [6.07, 6.45) is 8.05. The molecule has 15 heavy (non-hydrogen) atoms. The Bertz CT molecular complexity index is 380. The Hall–Kier alpha value is -1.63. The van der Waals surface area contributed by atoms with E-state index in [0.29, 0.717) is 0 Å². The molecule has 1 heteroatoms. The van der Waals surface area contributed by atoms with Gasteiger partial charge in [0.05, 0.1) is 0 Å². The van der Waals surface area contributed by atoms with Gasteiger partial charge in [0.15, 0.2) is 0 Å². The maximum atomic E-state index is 3.99. The molecule has 0 spiro atoms. The quantitative estimate of drug-likeness (QED) is 0.520. The number of nitrogens with zero attached hydrogens (tertiary/aromatic N) is 1. The molecule has 0 aromatic heterocycles. The summed E-state index contributed by atoms with van der Waals surface area (Å²) in [6.45, 7) is 4.10.